The SMILES string of the molecule is Nc1[nH]c(Nc2ccc3c(c2)OCO3)nc2ncnc1-2. The van der Waals surface area contributed by atoms with Gasteiger partial charge in [0.25, 0.3) is 0 Å². The van der Waals surface area contributed by atoms with Gasteiger partial charge in [-0.15, -0.1) is 0 Å². The predicted molar refractivity (Wildman–Crippen MR) is 71.1 cm³/mol. The van der Waals surface area contributed by atoms with Crippen LogP contribution in [0.4, 0.5) is 17.5 Å². The monoisotopic (exact) mass is 270 g/mol. The third-order valence-corrected chi connectivity index (χ3v) is 2.94. The molecule has 0 aromatic heterocycles. The molecule has 3 heterocycles. The molecule has 8 nitrogen and oxygen atoms in total. The average Bonchev–Trinajstić information content (AvgIpc) is 3.06. The first-order valence-corrected chi connectivity index (χ1v) is 5.92. The van der Waals surface area contributed by atoms with Gasteiger partial charge >= 0.3 is 0 Å². The van der Waals surface area contributed by atoms with E-state index >= 15 is 0 Å². The summed E-state index contributed by atoms with van der Waals surface area (Å²) < 4.78 is 10.6. The molecule has 1 aromatic carbocycles. The van der Waals surface area contributed by atoms with Crippen LogP contribution in [0.25, 0.3) is 11.5 Å². The first-order chi connectivity index (χ1) is 9.79. The Labute approximate surface area is 113 Å². The van der Waals surface area contributed by atoms with Gasteiger partial charge in [0.05, 0.1) is 0 Å². The van der Waals surface area contributed by atoms with E-state index in [0.29, 0.717) is 29.0 Å². The predicted octanol–water partition coefficient (Wildman–Crippen LogP) is 1.36. The summed E-state index contributed by atoms with van der Waals surface area (Å²) in [6, 6.07) is 5.52. The third kappa shape index (κ3) is 1.66. The van der Waals surface area contributed by atoms with E-state index in [1.807, 2.05) is 18.2 Å². The van der Waals surface area contributed by atoms with Crippen molar-refractivity contribution in [1.29, 1.82) is 0 Å². The molecule has 0 amide bonds. The highest BCUT2D eigenvalue weighted by Gasteiger charge is 2.16. The van der Waals surface area contributed by atoms with Crippen LogP contribution in [0.1, 0.15) is 0 Å². The van der Waals surface area contributed by atoms with Gasteiger partial charge in [-0.2, -0.15) is 4.98 Å². The molecule has 0 spiro atoms. The van der Waals surface area contributed by atoms with Crippen molar-refractivity contribution in [2.75, 3.05) is 17.8 Å². The Morgan fingerprint density at radius 2 is 2.10 bits per heavy atom. The number of aromatic nitrogens is 4. The highest BCUT2D eigenvalue weighted by molar-refractivity contribution is 5.69. The number of aromatic amines is 1. The summed E-state index contributed by atoms with van der Waals surface area (Å²) in [5.41, 5.74) is 7.22. The van der Waals surface area contributed by atoms with Crippen molar-refractivity contribution in [1.82, 2.24) is 19.9 Å². The molecule has 0 aliphatic carbocycles. The minimum Gasteiger partial charge on any atom is -0.454 e. The molecule has 4 rings (SSSR count). The maximum absolute atomic E-state index is 5.86. The fourth-order valence-corrected chi connectivity index (χ4v) is 2.02. The van der Waals surface area contributed by atoms with Gasteiger partial charge in [0.1, 0.15) is 17.8 Å². The summed E-state index contributed by atoms with van der Waals surface area (Å²) in [5, 5.41) is 3.11. The average molecular weight is 270 g/mol. The summed E-state index contributed by atoms with van der Waals surface area (Å²) in [7, 11) is 0. The number of nitrogen functional groups attached to an aromatic ring is 1. The second-order valence-electron chi connectivity index (χ2n) is 4.24. The summed E-state index contributed by atoms with van der Waals surface area (Å²) in [6.07, 6.45) is 1.42. The maximum Gasteiger partial charge on any atom is 0.231 e. The summed E-state index contributed by atoms with van der Waals surface area (Å²) >= 11 is 0. The molecule has 0 saturated heterocycles. The van der Waals surface area contributed by atoms with Gasteiger partial charge in [0.15, 0.2) is 17.3 Å². The zero-order valence-electron chi connectivity index (χ0n) is 10.3. The number of ether oxygens (including phenoxy) is 2. The number of benzene rings is 1. The van der Waals surface area contributed by atoms with Gasteiger partial charge in [-0.1, -0.05) is 0 Å². The molecule has 4 N–H and O–H groups in total. The van der Waals surface area contributed by atoms with E-state index in [9.17, 15) is 0 Å². The number of fused-ring (bicyclic) bond motifs is 2. The van der Waals surface area contributed by atoms with Crippen molar-refractivity contribution in [3.8, 4) is 23.0 Å². The molecule has 100 valence electrons. The van der Waals surface area contributed by atoms with Crippen molar-refractivity contribution in [3.05, 3.63) is 24.5 Å². The number of nitrogens with zero attached hydrogens (tertiary/aromatic N) is 3. The molecular weight excluding hydrogens is 260 g/mol. The molecule has 0 saturated carbocycles. The van der Waals surface area contributed by atoms with Gasteiger partial charge in [0, 0.05) is 11.8 Å². The minimum absolute atomic E-state index is 0.241. The van der Waals surface area contributed by atoms with E-state index < -0.39 is 0 Å². The number of nitrogens with two attached hydrogens (primary N) is 1. The van der Waals surface area contributed by atoms with E-state index in [0.717, 1.165) is 11.4 Å². The number of anilines is 3. The Hall–Kier alpha value is -3.03. The van der Waals surface area contributed by atoms with Crippen molar-refractivity contribution < 1.29 is 9.47 Å². The Morgan fingerprint density at radius 3 is 3.05 bits per heavy atom. The van der Waals surface area contributed by atoms with Gasteiger partial charge in [-0.25, -0.2) is 9.97 Å². The first-order valence-electron chi connectivity index (χ1n) is 5.92. The lowest BCUT2D eigenvalue weighted by Gasteiger charge is -2.09. The van der Waals surface area contributed by atoms with Crippen LogP contribution in [0.5, 0.6) is 11.5 Å². The molecule has 0 fully saturated rings. The van der Waals surface area contributed by atoms with Gasteiger partial charge in [-0.05, 0) is 12.1 Å². The molecular formula is C12H10N6O2. The van der Waals surface area contributed by atoms with E-state index in [-0.39, 0.29) is 6.79 Å². The molecule has 0 atom stereocenters. The molecule has 8 heteroatoms. The van der Waals surface area contributed by atoms with Crippen LogP contribution >= 0.6 is 0 Å². The summed E-state index contributed by atoms with van der Waals surface area (Å²) in [4.78, 5) is 15.3. The molecule has 20 heavy (non-hydrogen) atoms. The van der Waals surface area contributed by atoms with E-state index in [4.69, 9.17) is 15.2 Å². The smallest absolute Gasteiger partial charge is 0.231 e. The zero-order valence-corrected chi connectivity index (χ0v) is 10.3. The third-order valence-electron chi connectivity index (χ3n) is 2.94. The minimum atomic E-state index is 0.241. The Kier molecular flexibility index (Phi) is 2.16. The topological polar surface area (TPSA) is 111 Å². The van der Waals surface area contributed by atoms with Crippen molar-refractivity contribution in [2.45, 2.75) is 0 Å². The molecule has 3 aliphatic heterocycles. The number of H-pyrrole nitrogens is 1. The Balaban J connectivity index is 1.69. The highest BCUT2D eigenvalue weighted by atomic mass is 16.7. The molecule has 1 aromatic rings. The number of hydrogen-bond donors (Lipinski definition) is 3. The van der Waals surface area contributed by atoms with Crippen LogP contribution in [0.15, 0.2) is 24.5 Å². The molecule has 0 radical (unpaired) electrons. The Bertz CT molecular complexity index is 756. The van der Waals surface area contributed by atoms with Gasteiger partial charge in [-0.3, -0.25) is 0 Å². The number of hydrogen-bond acceptors (Lipinski definition) is 7. The molecule has 0 bridgehead atoms. The normalized spacial score (nSPS) is 12.8. The molecule has 0 unspecified atom stereocenters. The zero-order chi connectivity index (χ0) is 13.5. The fourth-order valence-electron chi connectivity index (χ4n) is 2.02. The number of nitrogens with one attached hydrogen (secondary N) is 2. The molecule has 3 aliphatic rings. The van der Waals surface area contributed by atoms with Gasteiger partial charge in [0.2, 0.25) is 12.7 Å². The van der Waals surface area contributed by atoms with Crippen LogP contribution in [0, 0.1) is 0 Å². The second kappa shape index (κ2) is 3.98. The van der Waals surface area contributed by atoms with Crippen LogP contribution < -0.4 is 20.5 Å². The van der Waals surface area contributed by atoms with E-state index in [1.165, 1.54) is 6.33 Å². The maximum atomic E-state index is 5.86. The second-order valence-corrected chi connectivity index (χ2v) is 4.24. The number of rotatable bonds is 2. The lowest BCUT2D eigenvalue weighted by atomic mass is 10.3. The number of imidazole rings is 1. The van der Waals surface area contributed by atoms with Gasteiger partial charge < -0.3 is 25.5 Å². The first kappa shape index (κ1) is 10.9. The van der Waals surface area contributed by atoms with Crippen LogP contribution in [0.3, 0.4) is 0 Å². The lowest BCUT2D eigenvalue weighted by Crippen LogP contribution is -2.04. The highest BCUT2D eigenvalue weighted by Crippen LogP contribution is 2.35. The quantitative estimate of drug-likeness (QED) is 0.644. The van der Waals surface area contributed by atoms with Crippen LogP contribution in [-0.4, -0.2) is 26.7 Å². The van der Waals surface area contributed by atoms with Crippen LogP contribution in [0.2, 0.25) is 0 Å². The Morgan fingerprint density at radius 1 is 1.20 bits per heavy atom. The van der Waals surface area contributed by atoms with Crippen LogP contribution in [-0.2, 0) is 0 Å². The summed E-state index contributed by atoms with van der Waals surface area (Å²) in [5.74, 6) is 2.80. The van der Waals surface area contributed by atoms with Crippen molar-refractivity contribution >= 4 is 17.5 Å². The standard InChI is InChI=1S/C12H10N6O2/c13-10-9-11(15-4-14-9)18-12(17-10)16-6-1-2-7-8(3-6)20-5-19-7/h1-4H,5H2,(H4,13,14,15,16,17,18). The van der Waals surface area contributed by atoms with E-state index in [1.54, 1.807) is 0 Å². The largest absolute Gasteiger partial charge is 0.454 e. The van der Waals surface area contributed by atoms with Crippen molar-refractivity contribution in [3.63, 3.8) is 0 Å². The fraction of sp³-hybridized carbons (Fsp3) is 0.0833. The van der Waals surface area contributed by atoms with Crippen molar-refractivity contribution in [2.24, 2.45) is 0 Å². The summed E-state index contributed by atoms with van der Waals surface area (Å²) in [6.45, 7) is 0.241. The van der Waals surface area contributed by atoms with E-state index in [2.05, 4.69) is 25.3 Å². The lowest BCUT2D eigenvalue weighted by molar-refractivity contribution is 0.174.